The van der Waals surface area contributed by atoms with Gasteiger partial charge in [0.2, 0.25) is 0 Å². The Morgan fingerprint density at radius 1 is 0.410 bits per heavy atom. The van der Waals surface area contributed by atoms with Crippen LogP contribution in [-0.4, -0.2) is 89.2 Å². The van der Waals surface area contributed by atoms with E-state index in [4.69, 9.17) is 23.7 Å². The van der Waals surface area contributed by atoms with E-state index in [1.807, 2.05) is 12.2 Å². The number of aliphatic carboxylic acids is 1. The van der Waals surface area contributed by atoms with Gasteiger partial charge in [-0.05, 0) is 83.5 Å². The first kappa shape index (κ1) is 77.2. The van der Waals surface area contributed by atoms with Crippen LogP contribution in [0, 0.1) is 0 Å². The van der Waals surface area contributed by atoms with E-state index in [0.717, 1.165) is 70.6 Å². The topological polar surface area (TPSA) is 175 Å². The summed E-state index contributed by atoms with van der Waals surface area (Å²) in [5.74, 6) is -3.18. The Morgan fingerprint density at radius 2 is 0.771 bits per heavy atom. The van der Waals surface area contributed by atoms with Crippen LogP contribution in [0.4, 0.5) is 0 Å². The van der Waals surface area contributed by atoms with Crippen molar-refractivity contribution in [3.05, 3.63) is 72.9 Å². The average Bonchev–Trinajstić information content (AvgIpc) is 3.55. The number of ether oxygens (including phenoxy) is 5. The zero-order valence-corrected chi connectivity index (χ0v) is 52.9. The van der Waals surface area contributed by atoms with Crippen molar-refractivity contribution in [1.29, 1.82) is 0 Å². The molecule has 0 amide bonds. The van der Waals surface area contributed by atoms with Crippen LogP contribution in [0.25, 0.3) is 0 Å². The number of esters is 3. The van der Waals surface area contributed by atoms with Crippen molar-refractivity contribution in [1.82, 2.24) is 0 Å². The van der Waals surface area contributed by atoms with Crippen molar-refractivity contribution in [3.63, 3.8) is 0 Å². The normalized spacial score (nSPS) is 18.0. The predicted octanol–water partition coefficient (Wildman–Crippen LogP) is 18.5. The molecule has 0 aliphatic carbocycles. The lowest BCUT2D eigenvalue weighted by Gasteiger charge is -2.40. The molecular formula is C71H122O12. The fourth-order valence-corrected chi connectivity index (χ4v) is 10.1. The Labute approximate surface area is 506 Å². The number of hydrogen-bond donors (Lipinski definition) is 3. The number of aliphatic hydroxyl groups is 2. The predicted molar refractivity (Wildman–Crippen MR) is 340 cm³/mol. The molecule has 1 aliphatic rings. The van der Waals surface area contributed by atoms with Crippen molar-refractivity contribution in [3.8, 4) is 0 Å². The van der Waals surface area contributed by atoms with Crippen LogP contribution in [0.2, 0.25) is 0 Å². The fourth-order valence-electron chi connectivity index (χ4n) is 10.1. The molecule has 12 nitrogen and oxygen atoms in total. The van der Waals surface area contributed by atoms with Crippen LogP contribution in [0.3, 0.4) is 0 Å². The van der Waals surface area contributed by atoms with Gasteiger partial charge in [0.25, 0.3) is 0 Å². The van der Waals surface area contributed by atoms with Gasteiger partial charge in [0.05, 0.1) is 6.61 Å². The first-order valence-corrected chi connectivity index (χ1v) is 33.9. The van der Waals surface area contributed by atoms with Gasteiger partial charge >= 0.3 is 23.9 Å². The number of carbonyl (C=O) groups excluding carboxylic acids is 3. The Morgan fingerprint density at radius 3 is 1.20 bits per heavy atom. The van der Waals surface area contributed by atoms with Gasteiger partial charge in [-0.2, -0.15) is 0 Å². The molecule has 478 valence electrons. The third-order valence-corrected chi connectivity index (χ3v) is 15.3. The van der Waals surface area contributed by atoms with Crippen molar-refractivity contribution >= 4 is 23.9 Å². The molecule has 6 atom stereocenters. The number of aliphatic hydroxyl groups excluding tert-OH is 2. The lowest BCUT2D eigenvalue weighted by molar-refractivity contribution is -0.301. The number of carbonyl (C=O) groups is 4. The summed E-state index contributed by atoms with van der Waals surface area (Å²) in [6, 6.07) is 0. The van der Waals surface area contributed by atoms with E-state index < -0.39 is 67.3 Å². The fraction of sp³-hybridized carbons (Fsp3) is 0.775. The summed E-state index contributed by atoms with van der Waals surface area (Å²) in [6.45, 7) is 5.90. The molecule has 83 heavy (non-hydrogen) atoms. The van der Waals surface area contributed by atoms with Gasteiger partial charge in [0.1, 0.15) is 18.8 Å². The minimum absolute atomic E-state index is 0.0179. The highest BCUT2D eigenvalue weighted by atomic mass is 16.7. The lowest BCUT2D eigenvalue weighted by atomic mass is 9.98. The van der Waals surface area contributed by atoms with E-state index in [-0.39, 0.29) is 25.9 Å². The second kappa shape index (κ2) is 58.5. The molecule has 0 spiro atoms. The van der Waals surface area contributed by atoms with Crippen LogP contribution in [0.5, 0.6) is 0 Å². The standard InChI is InChI=1S/C71H122O12/c1-4-7-10-13-16-19-22-25-28-31-32-35-36-39-42-45-48-51-54-57-63(72)79-60-62(81-64(73)58-55-52-49-46-43-40-37-33-29-26-23-20-17-14-11-8-5-2)61-80-71-69(67(76)66(75)68(83-71)70(77)78)82-65(74)59-56-53-50-47-44-41-38-34-30-27-24-21-18-15-12-9-6-3/h9,12,18,21,25,27-28,30,38,41,47,50,62,66-69,71,75-76H,4-8,10-11,13-17,19-20,22-24,26,29,31-37,39-40,42-46,48-49,51-61H2,1-3H3,(H,77,78)/b12-9-,21-18-,28-25-,30-27-,41-38-,50-47-. The van der Waals surface area contributed by atoms with Gasteiger partial charge < -0.3 is 39.0 Å². The number of carboxylic acid groups (broad SMARTS) is 1. The maximum atomic E-state index is 13.2. The summed E-state index contributed by atoms with van der Waals surface area (Å²) < 4.78 is 28.5. The molecule has 0 bridgehead atoms. The smallest absolute Gasteiger partial charge is 0.335 e. The summed E-state index contributed by atoms with van der Waals surface area (Å²) in [5.41, 5.74) is 0. The number of rotatable bonds is 58. The van der Waals surface area contributed by atoms with Crippen LogP contribution < -0.4 is 0 Å². The number of unbranched alkanes of at least 4 members (excludes halogenated alkanes) is 32. The molecule has 6 unspecified atom stereocenters. The maximum Gasteiger partial charge on any atom is 0.335 e. The summed E-state index contributed by atoms with van der Waals surface area (Å²) in [5, 5.41) is 31.6. The molecule has 0 aromatic rings. The quantitative estimate of drug-likeness (QED) is 0.0228. The van der Waals surface area contributed by atoms with Gasteiger partial charge in [-0.3, -0.25) is 14.4 Å². The first-order valence-electron chi connectivity index (χ1n) is 33.9. The van der Waals surface area contributed by atoms with E-state index in [2.05, 4.69) is 81.5 Å². The maximum absolute atomic E-state index is 13.2. The summed E-state index contributed by atoms with van der Waals surface area (Å²) in [6.07, 6.45) is 62.9. The zero-order valence-electron chi connectivity index (χ0n) is 52.9. The van der Waals surface area contributed by atoms with Gasteiger partial charge in [-0.1, -0.05) is 273 Å². The van der Waals surface area contributed by atoms with Crippen molar-refractivity contribution in [2.24, 2.45) is 0 Å². The molecule has 1 heterocycles. The lowest BCUT2D eigenvalue weighted by Crippen LogP contribution is -2.61. The second-order valence-electron chi connectivity index (χ2n) is 23.1. The van der Waals surface area contributed by atoms with Gasteiger partial charge in [-0.25, -0.2) is 4.79 Å². The number of allylic oxidation sites excluding steroid dienone is 12. The van der Waals surface area contributed by atoms with Crippen molar-refractivity contribution < 1.29 is 58.2 Å². The zero-order chi connectivity index (χ0) is 60.3. The molecule has 1 aliphatic heterocycles. The van der Waals surface area contributed by atoms with E-state index >= 15 is 0 Å². The minimum atomic E-state index is -1.92. The molecule has 1 rings (SSSR count). The SMILES string of the molecule is CC/C=C\C/C=C\C/C=C\C/C=C\C/C=C\CCCC(=O)OC1C(OCC(COC(=O)CCCCCCCCCCC/C=C\CCCCCCCC)OC(=O)CCCCCCCCCCCCCCCCCCC)OC(C(=O)O)C(O)C1O. The third kappa shape index (κ3) is 48.0. The molecule has 0 radical (unpaired) electrons. The highest BCUT2D eigenvalue weighted by Gasteiger charge is 2.50. The Bertz CT molecular complexity index is 1720. The first-order chi connectivity index (χ1) is 40.6. The van der Waals surface area contributed by atoms with E-state index in [0.29, 0.717) is 25.7 Å². The van der Waals surface area contributed by atoms with Gasteiger partial charge in [-0.15, -0.1) is 0 Å². The number of carboxylic acids is 1. The minimum Gasteiger partial charge on any atom is -0.479 e. The molecule has 3 N–H and O–H groups in total. The molecule has 0 aromatic heterocycles. The highest BCUT2D eigenvalue weighted by molar-refractivity contribution is 5.74. The van der Waals surface area contributed by atoms with Gasteiger partial charge in [0, 0.05) is 19.3 Å². The van der Waals surface area contributed by atoms with Crippen molar-refractivity contribution in [2.45, 2.75) is 340 Å². The summed E-state index contributed by atoms with van der Waals surface area (Å²) in [4.78, 5) is 51.4. The van der Waals surface area contributed by atoms with Crippen LogP contribution in [-0.2, 0) is 42.9 Å². The Balaban J connectivity index is 2.67. The second-order valence-corrected chi connectivity index (χ2v) is 23.1. The van der Waals surface area contributed by atoms with Gasteiger partial charge in [0.15, 0.2) is 24.6 Å². The average molecular weight is 1170 g/mol. The molecule has 0 aromatic carbocycles. The van der Waals surface area contributed by atoms with Crippen molar-refractivity contribution in [2.75, 3.05) is 13.2 Å². The van der Waals surface area contributed by atoms with E-state index in [1.54, 1.807) is 0 Å². The van der Waals surface area contributed by atoms with E-state index in [9.17, 15) is 34.5 Å². The summed E-state index contributed by atoms with van der Waals surface area (Å²) >= 11 is 0. The Kier molecular flexibility index (Phi) is 54.4. The van der Waals surface area contributed by atoms with Crippen LogP contribution >= 0.6 is 0 Å². The Hall–Kier alpha value is -3.84. The largest absolute Gasteiger partial charge is 0.479 e. The third-order valence-electron chi connectivity index (χ3n) is 15.3. The highest BCUT2D eigenvalue weighted by Crippen LogP contribution is 2.27. The molecule has 1 saturated heterocycles. The monoisotopic (exact) mass is 1170 g/mol. The number of hydrogen-bond acceptors (Lipinski definition) is 11. The molecule has 1 fully saturated rings. The summed E-state index contributed by atoms with van der Waals surface area (Å²) in [7, 11) is 0. The van der Waals surface area contributed by atoms with E-state index in [1.165, 1.54) is 167 Å². The van der Waals surface area contributed by atoms with Crippen LogP contribution in [0.15, 0.2) is 72.9 Å². The molecule has 0 saturated carbocycles. The molecule has 12 heteroatoms. The molecular weight excluding hydrogens is 1040 g/mol. The van der Waals surface area contributed by atoms with Crippen LogP contribution in [0.1, 0.15) is 303 Å².